The first-order valence-electron chi connectivity index (χ1n) is 12.7. The highest BCUT2D eigenvalue weighted by Gasteiger charge is 2.37. The second-order valence-electron chi connectivity index (χ2n) is 10.1. The Hall–Kier alpha value is -3.41. The molecule has 0 spiro atoms. The predicted molar refractivity (Wildman–Crippen MR) is 144 cm³/mol. The van der Waals surface area contributed by atoms with Gasteiger partial charge in [-0.15, -0.1) is 0 Å². The van der Waals surface area contributed by atoms with E-state index in [0.717, 1.165) is 6.08 Å². The number of nitrogens with one attached hydrogen (secondary N) is 2. The van der Waals surface area contributed by atoms with Crippen LogP contribution in [0.4, 0.5) is 4.79 Å². The highest BCUT2D eigenvalue weighted by Crippen LogP contribution is 2.28. The summed E-state index contributed by atoms with van der Waals surface area (Å²) in [7, 11) is 2.89. The maximum absolute atomic E-state index is 13.2. The lowest BCUT2D eigenvalue weighted by atomic mass is 9.79. The largest absolute Gasteiger partial charge is 0.439 e. The third-order valence-electron chi connectivity index (χ3n) is 7.01. The zero-order chi connectivity index (χ0) is 29.4. The molecular formula is C28H39N3O8. The first-order chi connectivity index (χ1) is 18.3. The van der Waals surface area contributed by atoms with Crippen LogP contribution in [-0.2, 0) is 28.6 Å². The van der Waals surface area contributed by atoms with E-state index in [1.807, 2.05) is 6.92 Å². The van der Waals surface area contributed by atoms with E-state index in [0.29, 0.717) is 12.0 Å². The number of aliphatic hydroxyl groups is 1. The van der Waals surface area contributed by atoms with Gasteiger partial charge in [0.1, 0.15) is 6.10 Å². The molecule has 214 valence electrons. The van der Waals surface area contributed by atoms with Gasteiger partial charge in [-0.2, -0.15) is 0 Å². The van der Waals surface area contributed by atoms with Gasteiger partial charge in [-0.25, -0.2) is 4.79 Å². The number of fused-ring (bicyclic) bond motifs is 2. The number of aliphatic hydroxyl groups excluding tert-OH is 1. The van der Waals surface area contributed by atoms with Crippen molar-refractivity contribution in [3.05, 3.63) is 47.2 Å². The Morgan fingerprint density at radius 1 is 1.13 bits per heavy atom. The molecule has 39 heavy (non-hydrogen) atoms. The van der Waals surface area contributed by atoms with Crippen LogP contribution in [0.1, 0.15) is 40.5 Å². The molecule has 2 rings (SSSR count). The van der Waals surface area contributed by atoms with Gasteiger partial charge in [0.05, 0.1) is 29.5 Å². The van der Waals surface area contributed by atoms with Crippen LogP contribution in [0.15, 0.2) is 47.2 Å². The van der Waals surface area contributed by atoms with Crippen molar-refractivity contribution in [2.45, 2.75) is 65.0 Å². The number of methoxy groups -OCH3 is 2. The molecule has 1 aliphatic carbocycles. The normalized spacial score (nSPS) is 33.8. The van der Waals surface area contributed by atoms with Gasteiger partial charge in [-0.05, 0) is 38.2 Å². The highest BCUT2D eigenvalue weighted by atomic mass is 16.6. The van der Waals surface area contributed by atoms with Crippen molar-refractivity contribution in [1.82, 2.24) is 5.32 Å². The molecule has 0 saturated carbocycles. The summed E-state index contributed by atoms with van der Waals surface area (Å²) in [4.78, 5) is 50.1. The number of carbonyl (C=O) groups is 4. The monoisotopic (exact) mass is 545 g/mol. The van der Waals surface area contributed by atoms with Crippen molar-refractivity contribution < 1.29 is 38.5 Å². The number of hydrogen-bond donors (Lipinski definition) is 4. The first kappa shape index (κ1) is 31.8. The van der Waals surface area contributed by atoms with E-state index >= 15 is 0 Å². The number of amides is 2. The topological polar surface area (TPSA) is 178 Å². The summed E-state index contributed by atoms with van der Waals surface area (Å²) in [6.07, 6.45) is 3.48. The van der Waals surface area contributed by atoms with E-state index in [4.69, 9.17) is 25.4 Å². The molecular weight excluding hydrogens is 506 g/mol. The SMILES string of the molecule is CO[C@H]1/C=C\C=C(/C)C(=O)NC2=CC(=O)C(=N)C(C[C@@H](C)C[C@H](OC)[C@H](O)[C@@H](C)C=C(C)[C@@H]1OC(N)=O)C2=O. The molecule has 11 heteroatoms. The third kappa shape index (κ3) is 8.29. The van der Waals surface area contributed by atoms with Crippen LogP contribution in [0.25, 0.3) is 0 Å². The summed E-state index contributed by atoms with van der Waals surface area (Å²) in [5, 5.41) is 21.8. The van der Waals surface area contributed by atoms with Gasteiger partial charge in [0.2, 0.25) is 5.78 Å². The van der Waals surface area contributed by atoms with Crippen molar-refractivity contribution in [2.75, 3.05) is 14.2 Å². The maximum atomic E-state index is 13.2. The standard InChI is InChI=1S/C28H39N3O8/c1-14-10-18-23(29)20(32)13-19(25(18)34)31-27(35)15(2)8-7-9-21(37-5)26(39-28(30)36)17(4)12-16(3)24(33)22(11-14)38-6/h7-9,12-14,16,18,21-22,24,26,29,33H,10-11H2,1-6H3,(H2,30,36)(H,31,35)/b9-7-,15-8+,17-12?,29-23?/t14-,16+,18?,21+,22+,24-,26+/m1/s1. The highest BCUT2D eigenvalue weighted by molar-refractivity contribution is 6.50. The van der Waals surface area contributed by atoms with Crippen molar-refractivity contribution in [2.24, 2.45) is 23.5 Å². The molecule has 1 aliphatic heterocycles. The number of nitrogens with two attached hydrogens (primary N) is 1. The summed E-state index contributed by atoms with van der Waals surface area (Å²) >= 11 is 0. The minimum Gasteiger partial charge on any atom is -0.439 e. The molecule has 0 aromatic carbocycles. The summed E-state index contributed by atoms with van der Waals surface area (Å²) < 4.78 is 16.4. The zero-order valence-corrected chi connectivity index (χ0v) is 23.2. The molecule has 0 aromatic heterocycles. The second-order valence-corrected chi connectivity index (χ2v) is 10.1. The van der Waals surface area contributed by atoms with Crippen LogP contribution < -0.4 is 11.1 Å². The van der Waals surface area contributed by atoms with Crippen LogP contribution >= 0.6 is 0 Å². The van der Waals surface area contributed by atoms with Crippen molar-refractivity contribution in [3.8, 4) is 0 Å². The fourth-order valence-corrected chi connectivity index (χ4v) is 4.76. The molecule has 0 aromatic rings. The average molecular weight is 546 g/mol. The van der Waals surface area contributed by atoms with Crippen LogP contribution in [0, 0.1) is 23.2 Å². The summed E-state index contributed by atoms with van der Waals surface area (Å²) in [6.45, 7) is 6.87. The van der Waals surface area contributed by atoms with Gasteiger partial charge < -0.3 is 35.8 Å². The van der Waals surface area contributed by atoms with Crippen LogP contribution in [-0.4, -0.2) is 73.0 Å². The number of rotatable bonds is 3. The van der Waals surface area contributed by atoms with Crippen LogP contribution in [0.3, 0.4) is 0 Å². The quantitative estimate of drug-likeness (QED) is 0.390. The summed E-state index contributed by atoms with van der Waals surface area (Å²) in [5.74, 6) is -3.46. The van der Waals surface area contributed by atoms with Crippen molar-refractivity contribution in [3.63, 3.8) is 0 Å². The molecule has 7 atom stereocenters. The van der Waals surface area contributed by atoms with Gasteiger partial charge >= 0.3 is 6.09 Å². The number of ether oxygens (including phenoxy) is 3. The molecule has 1 heterocycles. The molecule has 1 unspecified atom stereocenters. The molecule has 11 nitrogen and oxygen atoms in total. The van der Waals surface area contributed by atoms with Gasteiger partial charge in [0, 0.05) is 31.8 Å². The van der Waals surface area contributed by atoms with E-state index in [-0.39, 0.29) is 29.3 Å². The fraction of sp³-hybridized carbons (Fsp3) is 0.536. The molecule has 2 bridgehead atoms. The Labute approximate surface area is 228 Å². The summed E-state index contributed by atoms with van der Waals surface area (Å²) in [6, 6.07) is 0. The minimum atomic E-state index is -1.03. The maximum Gasteiger partial charge on any atom is 0.405 e. The molecule has 0 radical (unpaired) electrons. The fourth-order valence-electron chi connectivity index (χ4n) is 4.76. The number of carbonyl (C=O) groups excluding carboxylic acids is 4. The summed E-state index contributed by atoms with van der Waals surface area (Å²) in [5.41, 5.74) is 5.61. The molecule has 2 aliphatic rings. The van der Waals surface area contributed by atoms with Gasteiger partial charge in [0.15, 0.2) is 11.9 Å². The minimum absolute atomic E-state index is 0.161. The lowest BCUT2D eigenvalue weighted by Gasteiger charge is -2.30. The Bertz CT molecular complexity index is 1110. The molecule has 5 N–H and O–H groups in total. The molecule has 0 fully saturated rings. The number of Topliss-reactive ketones (excluding diaryl/α,β-unsaturated/α-hetero) is 1. The Balaban J connectivity index is 2.56. The van der Waals surface area contributed by atoms with Crippen LogP contribution in [0.2, 0.25) is 0 Å². The van der Waals surface area contributed by atoms with Crippen LogP contribution in [0.5, 0.6) is 0 Å². The Morgan fingerprint density at radius 3 is 2.38 bits per heavy atom. The smallest absolute Gasteiger partial charge is 0.405 e. The Morgan fingerprint density at radius 2 is 1.79 bits per heavy atom. The van der Waals surface area contributed by atoms with E-state index < -0.39 is 59.8 Å². The van der Waals surface area contributed by atoms with Crippen molar-refractivity contribution >= 4 is 29.3 Å². The molecule has 0 saturated heterocycles. The number of allylic oxidation sites excluding steroid dienone is 4. The number of primary amides is 1. The van der Waals surface area contributed by atoms with E-state index in [2.05, 4.69) is 5.32 Å². The number of ketones is 2. The predicted octanol–water partition coefficient (Wildman–Crippen LogP) is 2.14. The average Bonchev–Trinajstić information content (AvgIpc) is 2.88. The lowest BCUT2D eigenvalue weighted by molar-refractivity contribution is -0.123. The van der Waals surface area contributed by atoms with Gasteiger partial charge in [-0.3, -0.25) is 14.4 Å². The van der Waals surface area contributed by atoms with Gasteiger partial charge in [-0.1, -0.05) is 38.2 Å². The van der Waals surface area contributed by atoms with Crippen molar-refractivity contribution in [1.29, 1.82) is 5.41 Å². The van der Waals surface area contributed by atoms with Gasteiger partial charge in [0.25, 0.3) is 5.91 Å². The third-order valence-corrected chi connectivity index (χ3v) is 7.01. The molecule has 2 amide bonds. The lowest BCUT2D eigenvalue weighted by Crippen LogP contribution is -2.42. The Kier molecular flexibility index (Phi) is 11.5. The first-order valence-corrected chi connectivity index (χ1v) is 12.7. The van der Waals surface area contributed by atoms with E-state index in [1.165, 1.54) is 33.3 Å². The van der Waals surface area contributed by atoms with E-state index in [9.17, 15) is 24.3 Å². The zero-order valence-electron chi connectivity index (χ0n) is 23.2. The second kappa shape index (κ2) is 14.1. The van der Waals surface area contributed by atoms with E-state index in [1.54, 1.807) is 26.0 Å². The number of hydrogen-bond acceptors (Lipinski definition) is 9.